The van der Waals surface area contributed by atoms with Gasteiger partial charge in [-0.3, -0.25) is 0 Å². The van der Waals surface area contributed by atoms with Crippen molar-refractivity contribution < 1.29 is 4.39 Å². The number of hydrogen-bond acceptors (Lipinski definition) is 3. The molecule has 1 unspecified atom stereocenters. The predicted molar refractivity (Wildman–Crippen MR) is 71.0 cm³/mol. The monoisotopic (exact) mass is 258 g/mol. The first-order valence-electron chi connectivity index (χ1n) is 6.07. The Morgan fingerprint density at radius 1 is 1.47 bits per heavy atom. The van der Waals surface area contributed by atoms with Crippen molar-refractivity contribution in [1.82, 2.24) is 9.55 Å². The predicted octanol–water partition coefficient (Wildman–Crippen LogP) is 3.03. The van der Waals surface area contributed by atoms with Gasteiger partial charge in [0.1, 0.15) is 5.82 Å². The lowest BCUT2D eigenvalue weighted by Crippen LogP contribution is -2.13. The van der Waals surface area contributed by atoms with Crippen LogP contribution in [0.2, 0.25) is 0 Å². The second-order valence-electron chi connectivity index (χ2n) is 4.33. The van der Waals surface area contributed by atoms with Crippen LogP contribution in [0.1, 0.15) is 24.2 Å². The molecule has 0 aliphatic heterocycles. The molecule has 0 aliphatic carbocycles. The average molecular weight is 258 g/mol. The maximum Gasteiger partial charge on any atom is 0.156 e. The Morgan fingerprint density at radius 3 is 2.89 bits per heavy atom. The van der Waals surface area contributed by atoms with Crippen LogP contribution in [0, 0.1) is 24.1 Å². The Labute approximate surface area is 111 Å². The van der Waals surface area contributed by atoms with Crippen LogP contribution in [0.3, 0.4) is 0 Å². The molecule has 0 aliphatic rings. The topological polar surface area (TPSA) is 53.6 Å². The molecule has 0 radical (unpaired) electrons. The Balaban J connectivity index is 2.27. The molecule has 1 heterocycles. The van der Waals surface area contributed by atoms with Crippen molar-refractivity contribution >= 4 is 5.69 Å². The summed E-state index contributed by atoms with van der Waals surface area (Å²) in [5.41, 5.74) is 2.17. The molecule has 0 spiro atoms. The smallest absolute Gasteiger partial charge is 0.156 e. The molecule has 1 aromatic heterocycles. The number of hydrogen-bond donors (Lipinski definition) is 1. The second kappa shape index (κ2) is 5.53. The highest BCUT2D eigenvalue weighted by Crippen LogP contribution is 2.21. The normalized spacial score (nSPS) is 11.9. The van der Waals surface area contributed by atoms with E-state index in [4.69, 9.17) is 0 Å². The van der Waals surface area contributed by atoms with Crippen LogP contribution in [0.4, 0.5) is 10.1 Å². The van der Waals surface area contributed by atoms with Crippen molar-refractivity contribution in [3.8, 4) is 6.07 Å². The number of aryl methyl sites for hydroxylation is 2. The van der Waals surface area contributed by atoms with Crippen LogP contribution in [0.15, 0.2) is 30.7 Å². The minimum atomic E-state index is -0.552. The number of halogens is 1. The van der Waals surface area contributed by atoms with Gasteiger partial charge in [0, 0.05) is 12.2 Å². The first kappa shape index (κ1) is 13.1. The summed E-state index contributed by atoms with van der Waals surface area (Å²) < 4.78 is 15.2. The maximum atomic E-state index is 13.3. The molecule has 19 heavy (non-hydrogen) atoms. The summed E-state index contributed by atoms with van der Waals surface area (Å²) in [6.07, 6.45) is 3.33. The lowest BCUT2D eigenvalue weighted by molar-refractivity contribution is 0.626. The van der Waals surface area contributed by atoms with E-state index in [9.17, 15) is 9.65 Å². The molecule has 5 heteroatoms. The van der Waals surface area contributed by atoms with Crippen molar-refractivity contribution in [2.75, 3.05) is 5.32 Å². The molecule has 0 bridgehead atoms. The fourth-order valence-electron chi connectivity index (χ4n) is 1.99. The number of imidazole rings is 1. The van der Waals surface area contributed by atoms with Crippen molar-refractivity contribution in [2.24, 2.45) is 0 Å². The summed E-state index contributed by atoms with van der Waals surface area (Å²) in [5, 5.41) is 12.3. The first-order valence-corrected chi connectivity index (χ1v) is 6.07. The number of aromatic nitrogens is 2. The van der Waals surface area contributed by atoms with E-state index in [-0.39, 0.29) is 5.82 Å². The van der Waals surface area contributed by atoms with E-state index >= 15 is 0 Å². The minimum absolute atomic E-state index is 0.316. The van der Waals surface area contributed by atoms with Crippen molar-refractivity contribution in [2.45, 2.75) is 26.4 Å². The molecule has 2 aromatic rings. The molecule has 4 nitrogen and oxygen atoms in total. The summed E-state index contributed by atoms with van der Waals surface area (Å²) in [7, 11) is 0. The molecule has 1 atom stereocenters. The van der Waals surface area contributed by atoms with Crippen LogP contribution >= 0.6 is 0 Å². The lowest BCUT2D eigenvalue weighted by atomic mass is 10.1. The van der Waals surface area contributed by atoms with Gasteiger partial charge in [-0.1, -0.05) is 0 Å². The van der Waals surface area contributed by atoms with E-state index in [1.165, 1.54) is 12.1 Å². The number of nitrogens with one attached hydrogen (secondary N) is 1. The van der Waals surface area contributed by atoms with E-state index in [0.29, 0.717) is 5.69 Å². The third-order valence-corrected chi connectivity index (χ3v) is 2.86. The molecule has 98 valence electrons. The van der Waals surface area contributed by atoms with Gasteiger partial charge >= 0.3 is 0 Å². The van der Waals surface area contributed by atoms with Gasteiger partial charge in [0.25, 0.3) is 0 Å². The minimum Gasteiger partial charge on any atom is -0.365 e. The van der Waals surface area contributed by atoms with Crippen molar-refractivity contribution in [3.63, 3.8) is 0 Å². The Morgan fingerprint density at radius 2 is 2.26 bits per heavy atom. The third kappa shape index (κ3) is 2.91. The molecule has 0 saturated carbocycles. The summed E-state index contributed by atoms with van der Waals surface area (Å²) in [4.78, 5) is 4.04. The van der Waals surface area contributed by atoms with E-state index < -0.39 is 6.04 Å². The van der Waals surface area contributed by atoms with Crippen LogP contribution in [0.25, 0.3) is 0 Å². The number of rotatable bonds is 4. The molecule has 0 amide bonds. The summed E-state index contributed by atoms with van der Waals surface area (Å²) in [6, 6.07) is 6.25. The molecule has 1 N–H and O–H groups in total. The molecule has 2 rings (SSSR count). The standard InChI is InChI=1S/C14H15FN4/c1-3-19-9-17-8-14(19)13(7-16)18-12-5-10(2)4-11(15)6-12/h4-6,8-9,13,18H,3H2,1-2H3. The van der Waals surface area contributed by atoms with Gasteiger partial charge in [0.05, 0.1) is 24.3 Å². The van der Waals surface area contributed by atoms with Gasteiger partial charge < -0.3 is 9.88 Å². The Kier molecular flexibility index (Phi) is 3.81. The highest BCUT2D eigenvalue weighted by atomic mass is 19.1. The summed E-state index contributed by atoms with van der Waals surface area (Å²) in [5.74, 6) is -0.316. The van der Waals surface area contributed by atoms with Gasteiger partial charge in [-0.2, -0.15) is 5.26 Å². The van der Waals surface area contributed by atoms with Crippen molar-refractivity contribution in [3.05, 3.63) is 47.8 Å². The highest BCUT2D eigenvalue weighted by molar-refractivity contribution is 5.49. The molecule has 0 saturated heterocycles. The SMILES string of the molecule is CCn1cncc1C(C#N)Nc1cc(C)cc(F)c1. The fourth-order valence-corrected chi connectivity index (χ4v) is 1.99. The van der Waals surface area contributed by atoms with E-state index in [0.717, 1.165) is 17.8 Å². The van der Waals surface area contributed by atoms with Gasteiger partial charge in [-0.05, 0) is 37.6 Å². The lowest BCUT2D eigenvalue weighted by Gasteiger charge is -2.15. The highest BCUT2D eigenvalue weighted by Gasteiger charge is 2.15. The molecule has 1 aromatic carbocycles. The molecular weight excluding hydrogens is 243 g/mol. The van der Waals surface area contributed by atoms with Crippen molar-refractivity contribution in [1.29, 1.82) is 5.26 Å². The van der Waals surface area contributed by atoms with Gasteiger partial charge in [0.2, 0.25) is 0 Å². The quantitative estimate of drug-likeness (QED) is 0.917. The zero-order valence-electron chi connectivity index (χ0n) is 10.9. The van der Waals surface area contributed by atoms with Crippen LogP contribution in [-0.4, -0.2) is 9.55 Å². The van der Waals surface area contributed by atoms with Gasteiger partial charge in [-0.15, -0.1) is 0 Å². The zero-order chi connectivity index (χ0) is 13.8. The van der Waals surface area contributed by atoms with E-state index in [1.54, 1.807) is 18.6 Å². The largest absolute Gasteiger partial charge is 0.365 e. The van der Waals surface area contributed by atoms with Gasteiger partial charge in [-0.25, -0.2) is 9.37 Å². The first-order chi connectivity index (χ1) is 9.13. The van der Waals surface area contributed by atoms with Gasteiger partial charge in [0.15, 0.2) is 6.04 Å². The van der Waals surface area contributed by atoms with Crippen LogP contribution < -0.4 is 5.32 Å². The number of nitrogens with zero attached hydrogens (tertiary/aromatic N) is 3. The number of benzene rings is 1. The van der Waals surface area contributed by atoms with Crippen LogP contribution in [0.5, 0.6) is 0 Å². The summed E-state index contributed by atoms with van der Waals surface area (Å²) >= 11 is 0. The number of nitriles is 1. The summed E-state index contributed by atoms with van der Waals surface area (Å²) in [6.45, 7) is 4.52. The Hall–Kier alpha value is -2.35. The number of anilines is 1. The Bertz CT molecular complexity index is 592. The van der Waals surface area contributed by atoms with Crippen LogP contribution in [-0.2, 0) is 6.54 Å². The molecular formula is C14H15FN4. The van der Waals surface area contributed by atoms with E-state index in [1.807, 2.05) is 18.4 Å². The molecule has 0 fully saturated rings. The van der Waals surface area contributed by atoms with E-state index in [2.05, 4.69) is 16.4 Å². The fraction of sp³-hybridized carbons (Fsp3) is 0.286. The third-order valence-electron chi connectivity index (χ3n) is 2.86. The average Bonchev–Trinajstić information content (AvgIpc) is 2.82. The maximum absolute atomic E-state index is 13.3. The second-order valence-corrected chi connectivity index (χ2v) is 4.33. The zero-order valence-corrected chi connectivity index (χ0v) is 10.9.